The van der Waals surface area contributed by atoms with Crippen LogP contribution in [0.1, 0.15) is 39.5 Å². The summed E-state index contributed by atoms with van der Waals surface area (Å²) in [7, 11) is 0. The zero-order valence-electron chi connectivity index (χ0n) is 12.0. The van der Waals surface area contributed by atoms with E-state index < -0.39 is 5.97 Å². The molecule has 0 spiro atoms. The van der Waals surface area contributed by atoms with Crippen LogP contribution in [0.4, 0.5) is 0 Å². The quantitative estimate of drug-likeness (QED) is 0.751. The number of rotatable bonds is 5. The number of aliphatic carboxylic acids is 1. The third-order valence-electron chi connectivity index (χ3n) is 4.20. The van der Waals surface area contributed by atoms with Crippen LogP contribution in [-0.2, 0) is 14.4 Å². The highest BCUT2D eigenvalue weighted by molar-refractivity contribution is 6.05. The topological polar surface area (TPSA) is 77.9 Å². The fourth-order valence-electron chi connectivity index (χ4n) is 3.17. The summed E-state index contributed by atoms with van der Waals surface area (Å²) in [6.45, 7) is 5.19. The molecule has 2 rings (SSSR count). The van der Waals surface area contributed by atoms with Crippen molar-refractivity contribution in [1.82, 2.24) is 9.80 Å². The zero-order valence-corrected chi connectivity index (χ0v) is 12.0. The Hall–Kier alpha value is -1.43. The number of imide groups is 1. The van der Waals surface area contributed by atoms with Gasteiger partial charge in [-0.25, -0.2) is 0 Å². The maximum atomic E-state index is 12.3. The molecule has 6 heteroatoms. The first-order valence-electron chi connectivity index (χ1n) is 7.22. The second kappa shape index (κ2) is 5.91. The van der Waals surface area contributed by atoms with Crippen molar-refractivity contribution in [3.63, 3.8) is 0 Å². The van der Waals surface area contributed by atoms with Crippen molar-refractivity contribution in [1.29, 1.82) is 0 Å². The average molecular weight is 282 g/mol. The lowest BCUT2D eigenvalue weighted by molar-refractivity contribution is -0.142. The zero-order chi connectivity index (χ0) is 14.9. The number of likely N-dealkylation sites (tertiary alicyclic amines) is 2. The first-order valence-corrected chi connectivity index (χ1v) is 7.22. The van der Waals surface area contributed by atoms with Crippen molar-refractivity contribution in [2.45, 2.75) is 51.6 Å². The van der Waals surface area contributed by atoms with Gasteiger partial charge in [0.25, 0.3) is 0 Å². The average Bonchev–Trinajstić information content (AvgIpc) is 2.91. The monoisotopic (exact) mass is 282 g/mol. The maximum Gasteiger partial charge on any atom is 0.303 e. The van der Waals surface area contributed by atoms with Crippen molar-refractivity contribution in [3.05, 3.63) is 0 Å². The van der Waals surface area contributed by atoms with Gasteiger partial charge in [-0.2, -0.15) is 0 Å². The van der Waals surface area contributed by atoms with E-state index in [0.29, 0.717) is 12.3 Å². The number of hydrogen-bond acceptors (Lipinski definition) is 4. The molecule has 0 aliphatic carbocycles. The van der Waals surface area contributed by atoms with Gasteiger partial charge in [-0.3, -0.25) is 24.2 Å². The van der Waals surface area contributed by atoms with Gasteiger partial charge in [0, 0.05) is 19.0 Å². The normalized spacial score (nSPS) is 27.9. The predicted molar refractivity (Wildman–Crippen MR) is 71.9 cm³/mol. The summed E-state index contributed by atoms with van der Waals surface area (Å²) in [6, 6.07) is -0.426. The van der Waals surface area contributed by atoms with Crippen LogP contribution in [0.3, 0.4) is 0 Å². The van der Waals surface area contributed by atoms with Crippen LogP contribution in [0.25, 0.3) is 0 Å². The van der Waals surface area contributed by atoms with Gasteiger partial charge in [0.05, 0.1) is 12.5 Å². The molecule has 0 bridgehead atoms. The van der Waals surface area contributed by atoms with Crippen LogP contribution >= 0.6 is 0 Å². The van der Waals surface area contributed by atoms with E-state index in [9.17, 15) is 14.4 Å². The Morgan fingerprint density at radius 2 is 2.10 bits per heavy atom. The molecule has 112 valence electrons. The second-order valence-corrected chi connectivity index (χ2v) is 6.00. The Labute approximate surface area is 118 Å². The third kappa shape index (κ3) is 3.00. The van der Waals surface area contributed by atoms with E-state index in [1.807, 2.05) is 13.8 Å². The molecule has 20 heavy (non-hydrogen) atoms. The van der Waals surface area contributed by atoms with Gasteiger partial charge in [-0.05, 0) is 39.2 Å². The highest BCUT2D eigenvalue weighted by Gasteiger charge is 2.44. The van der Waals surface area contributed by atoms with Crippen molar-refractivity contribution >= 4 is 17.8 Å². The number of carboxylic acid groups (broad SMARTS) is 1. The molecule has 0 aromatic heterocycles. The molecule has 0 saturated carbocycles. The highest BCUT2D eigenvalue weighted by Crippen LogP contribution is 2.28. The van der Waals surface area contributed by atoms with Crippen molar-refractivity contribution in [3.8, 4) is 0 Å². The number of carbonyl (C=O) groups is 3. The van der Waals surface area contributed by atoms with E-state index in [4.69, 9.17) is 5.11 Å². The van der Waals surface area contributed by atoms with E-state index in [1.54, 1.807) is 0 Å². The van der Waals surface area contributed by atoms with Crippen LogP contribution in [-0.4, -0.2) is 57.9 Å². The molecule has 2 atom stereocenters. The van der Waals surface area contributed by atoms with Gasteiger partial charge in [0.2, 0.25) is 11.8 Å². The number of nitrogens with zero attached hydrogens (tertiary/aromatic N) is 2. The van der Waals surface area contributed by atoms with Crippen LogP contribution < -0.4 is 0 Å². The SMILES string of the molecule is CC(C)N1C(=O)CC(N2CCC(CCC(=O)O)C2)C1=O. The fraction of sp³-hybridized carbons (Fsp3) is 0.786. The molecular weight excluding hydrogens is 260 g/mol. The molecule has 2 aliphatic rings. The van der Waals surface area contributed by atoms with Gasteiger partial charge < -0.3 is 5.11 Å². The van der Waals surface area contributed by atoms with Crippen molar-refractivity contribution in [2.75, 3.05) is 13.1 Å². The third-order valence-corrected chi connectivity index (χ3v) is 4.20. The van der Waals surface area contributed by atoms with Crippen LogP contribution in [0.2, 0.25) is 0 Å². The summed E-state index contributed by atoms with van der Waals surface area (Å²) in [6.07, 6.45) is 2.00. The fourth-order valence-corrected chi connectivity index (χ4v) is 3.17. The van der Waals surface area contributed by atoms with Crippen LogP contribution in [0.15, 0.2) is 0 Å². The van der Waals surface area contributed by atoms with Gasteiger partial charge in [-0.15, -0.1) is 0 Å². The number of hydrogen-bond donors (Lipinski definition) is 1. The lowest BCUT2D eigenvalue weighted by Gasteiger charge is -2.24. The molecule has 0 aromatic rings. The standard InChI is InChI=1S/C14H22N2O4/c1-9(2)16-12(17)7-11(14(16)20)15-6-5-10(8-15)3-4-13(18)19/h9-11H,3-8H2,1-2H3,(H,18,19). The molecule has 2 heterocycles. The van der Waals surface area contributed by atoms with E-state index in [-0.39, 0.29) is 36.7 Å². The molecule has 2 aliphatic heterocycles. The Balaban J connectivity index is 1.92. The molecule has 1 N–H and O–H groups in total. The predicted octanol–water partition coefficient (Wildman–Crippen LogP) is 0.709. The molecule has 2 fully saturated rings. The molecule has 2 saturated heterocycles. The van der Waals surface area contributed by atoms with Crippen molar-refractivity contribution < 1.29 is 19.5 Å². The number of carboxylic acids is 1. The highest BCUT2D eigenvalue weighted by atomic mass is 16.4. The summed E-state index contributed by atoms with van der Waals surface area (Å²) in [4.78, 5) is 38.2. The first-order chi connectivity index (χ1) is 9.40. The van der Waals surface area contributed by atoms with Crippen molar-refractivity contribution in [2.24, 2.45) is 5.92 Å². The minimum Gasteiger partial charge on any atom is -0.481 e. The minimum atomic E-state index is -0.776. The Morgan fingerprint density at radius 3 is 2.65 bits per heavy atom. The molecule has 2 unspecified atom stereocenters. The number of carbonyl (C=O) groups excluding carboxylic acids is 2. The Kier molecular flexibility index (Phi) is 4.42. The summed E-state index contributed by atoms with van der Waals surface area (Å²) < 4.78 is 0. The summed E-state index contributed by atoms with van der Waals surface area (Å²) in [5, 5.41) is 8.70. The van der Waals surface area contributed by atoms with E-state index in [2.05, 4.69) is 4.90 Å². The van der Waals surface area contributed by atoms with Crippen LogP contribution in [0, 0.1) is 5.92 Å². The van der Waals surface area contributed by atoms with Crippen LogP contribution in [0.5, 0.6) is 0 Å². The first kappa shape index (κ1) is 15.0. The Morgan fingerprint density at radius 1 is 1.40 bits per heavy atom. The van der Waals surface area contributed by atoms with Gasteiger partial charge >= 0.3 is 5.97 Å². The molecule has 2 amide bonds. The lowest BCUT2D eigenvalue weighted by Crippen LogP contribution is -2.43. The maximum absolute atomic E-state index is 12.3. The summed E-state index contributed by atoms with van der Waals surface area (Å²) in [5.74, 6) is -0.642. The summed E-state index contributed by atoms with van der Waals surface area (Å²) >= 11 is 0. The molecule has 0 aromatic carbocycles. The largest absolute Gasteiger partial charge is 0.481 e. The smallest absolute Gasteiger partial charge is 0.303 e. The van der Waals surface area contributed by atoms with E-state index >= 15 is 0 Å². The van der Waals surface area contributed by atoms with E-state index in [0.717, 1.165) is 19.5 Å². The van der Waals surface area contributed by atoms with Gasteiger partial charge in [0.15, 0.2) is 0 Å². The lowest BCUT2D eigenvalue weighted by atomic mass is 10.0. The van der Waals surface area contributed by atoms with Gasteiger partial charge in [-0.1, -0.05) is 0 Å². The van der Waals surface area contributed by atoms with Gasteiger partial charge in [0.1, 0.15) is 0 Å². The molecule has 6 nitrogen and oxygen atoms in total. The second-order valence-electron chi connectivity index (χ2n) is 6.00. The molecular formula is C14H22N2O4. The van der Waals surface area contributed by atoms with E-state index in [1.165, 1.54) is 4.90 Å². The summed E-state index contributed by atoms with van der Waals surface area (Å²) in [5.41, 5.74) is 0. The number of amides is 2. The molecule has 0 radical (unpaired) electrons. The minimum absolute atomic E-state index is 0.0922. The Bertz CT molecular complexity index is 421.